The number of Topliss-reactive ketones (excluding diaryl/α,β-unsaturated/α-hetero) is 1. The molecule has 0 aromatic rings. The van der Waals surface area contributed by atoms with E-state index >= 15 is 0 Å². The zero-order chi connectivity index (χ0) is 8.27. The van der Waals surface area contributed by atoms with Crippen LogP contribution in [0.25, 0.3) is 0 Å². The first kappa shape index (κ1) is 8.27. The maximum absolute atomic E-state index is 11.2. The number of hydrogen-bond acceptors (Lipinski definition) is 3. The first-order valence-electron chi connectivity index (χ1n) is 3.95. The molecule has 0 aliphatic heterocycles. The summed E-state index contributed by atoms with van der Waals surface area (Å²) in [7, 11) is 0. The minimum absolute atomic E-state index is 0.152. The van der Waals surface area contributed by atoms with Gasteiger partial charge in [0.15, 0.2) is 5.78 Å². The van der Waals surface area contributed by atoms with E-state index in [9.17, 15) is 4.79 Å². The molecule has 0 saturated heterocycles. The molecular weight excluding hydrogens is 142 g/mol. The highest BCUT2D eigenvalue weighted by Crippen LogP contribution is 2.24. The van der Waals surface area contributed by atoms with E-state index in [0.29, 0.717) is 6.42 Å². The van der Waals surface area contributed by atoms with E-state index in [1.165, 1.54) is 0 Å². The smallest absolute Gasteiger partial charge is 0.160 e. The maximum Gasteiger partial charge on any atom is 0.160 e. The maximum atomic E-state index is 11.2. The lowest BCUT2D eigenvalue weighted by Gasteiger charge is -2.01. The summed E-state index contributed by atoms with van der Waals surface area (Å²) in [5, 5.41) is 8.62. The van der Waals surface area contributed by atoms with Crippen LogP contribution in [-0.4, -0.2) is 11.0 Å². The van der Waals surface area contributed by atoms with Gasteiger partial charge in [0.25, 0.3) is 0 Å². The lowest BCUT2D eigenvalue weighted by molar-refractivity contribution is -0.115. The molecule has 0 radical (unpaired) electrons. The van der Waals surface area contributed by atoms with Crippen molar-refractivity contribution in [3.05, 3.63) is 11.3 Å². The van der Waals surface area contributed by atoms with Crippen molar-refractivity contribution in [2.45, 2.75) is 32.6 Å². The molecule has 1 aliphatic carbocycles. The first-order valence-corrected chi connectivity index (χ1v) is 3.95. The molecule has 0 unspecified atom stereocenters. The summed E-state index contributed by atoms with van der Waals surface area (Å²) in [5.74, 6) is 0.152. The van der Waals surface area contributed by atoms with Crippen molar-refractivity contribution in [3.63, 3.8) is 0 Å². The van der Waals surface area contributed by atoms with E-state index in [0.717, 1.165) is 30.5 Å². The highest BCUT2D eigenvalue weighted by molar-refractivity contribution is 5.96. The second-order valence-electron chi connectivity index (χ2n) is 2.70. The van der Waals surface area contributed by atoms with Gasteiger partial charge in [0, 0.05) is 17.7 Å². The van der Waals surface area contributed by atoms with Gasteiger partial charge in [-0.1, -0.05) is 6.92 Å². The molecule has 0 saturated carbocycles. The molecule has 0 fully saturated rings. The number of rotatable bonds is 3. The number of carbonyl (C=O) groups excluding carboxylic acids is 1. The van der Waals surface area contributed by atoms with Crippen LogP contribution in [0.1, 0.15) is 32.6 Å². The predicted octanol–water partition coefficient (Wildman–Crippen LogP) is 1.38. The van der Waals surface area contributed by atoms with Crippen molar-refractivity contribution in [2.75, 3.05) is 0 Å². The number of nitrogens with one attached hydrogen (secondary N) is 1. The minimum atomic E-state index is 0.152. The topological polar surface area (TPSA) is 49.3 Å². The molecule has 0 atom stereocenters. The average Bonchev–Trinajstić information content (AvgIpc) is 2.50. The quantitative estimate of drug-likeness (QED) is 0.605. The second-order valence-corrected chi connectivity index (χ2v) is 2.70. The highest BCUT2D eigenvalue weighted by Gasteiger charge is 2.18. The van der Waals surface area contributed by atoms with Gasteiger partial charge in [0.2, 0.25) is 0 Å². The van der Waals surface area contributed by atoms with Gasteiger partial charge >= 0.3 is 0 Å². The molecular formula is C8H13NO2. The monoisotopic (exact) mass is 155 g/mol. The fraction of sp³-hybridized carbons (Fsp3) is 0.625. The molecule has 0 bridgehead atoms. The third kappa shape index (κ3) is 1.60. The molecule has 0 aromatic carbocycles. The van der Waals surface area contributed by atoms with Gasteiger partial charge in [-0.05, 0) is 19.3 Å². The highest BCUT2D eigenvalue weighted by atomic mass is 16.5. The van der Waals surface area contributed by atoms with Gasteiger partial charge in [0.05, 0.1) is 0 Å². The number of hydroxylamine groups is 1. The Hall–Kier alpha value is -0.830. The van der Waals surface area contributed by atoms with Gasteiger partial charge in [-0.3, -0.25) is 15.5 Å². The van der Waals surface area contributed by atoms with Crippen molar-refractivity contribution >= 4 is 5.78 Å². The molecule has 0 heterocycles. The Bertz CT molecular complexity index is 196. The molecule has 62 valence electrons. The van der Waals surface area contributed by atoms with E-state index in [-0.39, 0.29) is 5.78 Å². The lowest BCUT2D eigenvalue weighted by atomic mass is 10.1. The molecule has 3 nitrogen and oxygen atoms in total. The van der Waals surface area contributed by atoms with E-state index < -0.39 is 0 Å². The summed E-state index contributed by atoms with van der Waals surface area (Å²) in [6, 6.07) is 0. The van der Waals surface area contributed by atoms with E-state index in [2.05, 4.69) is 5.48 Å². The minimum Gasteiger partial charge on any atom is -0.294 e. The van der Waals surface area contributed by atoms with Crippen LogP contribution in [0.2, 0.25) is 0 Å². The molecule has 0 aromatic heterocycles. The number of ketones is 1. The Kier molecular flexibility index (Phi) is 2.65. The zero-order valence-electron chi connectivity index (χ0n) is 6.68. The molecule has 2 N–H and O–H groups in total. The average molecular weight is 155 g/mol. The Morgan fingerprint density at radius 1 is 1.64 bits per heavy atom. The third-order valence-electron chi connectivity index (χ3n) is 2.01. The van der Waals surface area contributed by atoms with Crippen molar-refractivity contribution in [2.24, 2.45) is 0 Å². The van der Waals surface area contributed by atoms with Gasteiger partial charge in [-0.25, -0.2) is 0 Å². The summed E-state index contributed by atoms with van der Waals surface area (Å²) in [4.78, 5) is 11.2. The summed E-state index contributed by atoms with van der Waals surface area (Å²) in [6.45, 7) is 1.84. The molecule has 0 spiro atoms. The fourth-order valence-electron chi connectivity index (χ4n) is 1.39. The van der Waals surface area contributed by atoms with Gasteiger partial charge < -0.3 is 0 Å². The van der Waals surface area contributed by atoms with Crippen LogP contribution in [0.15, 0.2) is 11.3 Å². The van der Waals surface area contributed by atoms with Crippen LogP contribution in [0.5, 0.6) is 0 Å². The van der Waals surface area contributed by atoms with Crippen LogP contribution >= 0.6 is 0 Å². The molecule has 0 amide bonds. The Balaban J connectivity index is 2.74. The van der Waals surface area contributed by atoms with Gasteiger partial charge in [-0.15, -0.1) is 0 Å². The van der Waals surface area contributed by atoms with Crippen molar-refractivity contribution in [1.82, 2.24) is 5.48 Å². The molecule has 11 heavy (non-hydrogen) atoms. The molecule has 3 heteroatoms. The lowest BCUT2D eigenvalue weighted by Crippen LogP contribution is -2.10. The van der Waals surface area contributed by atoms with Gasteiger partial charge in [-0.2, -0.15) is 0 Å². The summed E-state index contributed by atoms with van der Waals surface area (Å²) < 4.78 is 0. The van der Waals surface area contributed by atoms with E-state index in [4.69, 9.17) is 5.21 Å². The SMILES string of the molecule is CCC(=O)C1=C(NO)CCC1. The van der Waals surface area contributed by atoms with Crippen LogP contribution < -0.4 is 5.48 Å². The van der Waals surface area contributed by atoms with E-state index in [1.807, 2.05) is 6.92 Å². The van der Waals surface area contributed by atoms with Crippen LogP contribution in [0.3, 0.4) is 0 Å². The summed E-state index contributed by atoms with van der Waals surface area (Å²) in [6.07, 6.45) is 3.12. The number of allylic oxidation sites excluding steroid dienone is 2. The van der Waals surface area contributed by atoms with Crippen LogP contribution in [0, 0.1) is 0 Å². The van der Waals surface area contributed by atoms with Crippen molar-refractivity contribution in [1.29, 1.82) is 0 Å². The Morgan fingerprint density at radius 3 is 2.91 bits per heavy atom. The van der Waals surface area contributed by atoms with Crippen molar-refractivity contribution in [3.8, 4) is 0 Å². The van der Waals surface area contributed by atoms with Crippen molar-refractivity contribution < 1.29 is 10.0 Å². The summed E-state index contributed by atoms with van der Waals surface area (Å²) >= 11 is 0. The van der Waals surface area contributed by atoms with Crippen LogP contribution in [-0.2, 0) is 4.79 Å². The zero-order valence-corrected chi connectivity index (χ0v) is 6.68. The van der Waals surface area contributed by atoms with Crippen LogP contribution in [0.4, 0.5) is 0 Å². The third-order valence-corrected chi connectivity index (χ3v) is 2.01. The largest absolute Gasteiger partial charge is 0.294 e. The van der Waals surface area contributed by atoms with Gasteiger partial charge in [0.1, 0.15) is 0 Å². The van der Waals surface area contributed by atoms with E-state index in [1.54, 1.807) is 0 Å². The second kappa shape index (κ2) is 3.53. The standard InChI is InChI=1S/C8H13NO2/c1-2-8(10)6-4-3-5-7(6)9-11/h9,11H,2-5H2,1H3. The summed E-state index contributed by atoms with van der Waals surface area (Å²) in [5.41, 5.74) is 3.59. The molecule has 1 aliphatic rings. The Morgan fingerprint density at radius 2 is 2.36 bits per heavy atom. The first-order chi connectivity index (χ1) is 5.29. The number of carbonyl (C=O) groups is 1. The normalized spacial score (nSPS) is 17.3. The molecule has 1 rings (SSSR count). The predicted molar refractivity (Wildman–Crippen MR) is 41.1 cm³/mol. The number of hydrogen-bond donors (Lipinski definition) is 2. The Labute approximate surface area is 66.1 Å². The fourth-order valence-corrected chi connectivity index (χ4v) is 1.39.